The first-order chi connectivity index (χ1) is 9.56. The Hall–Kier alpha value is -1.62. The zero-order chi connectivity index (χ0) is 14.3. The van der Waals surface area contributed by atoms with Gasteiger partial charge < -0.3 is 10.2 Å². The van der Waals surface area contributed by atoms with E-state index in [1.807, 2.05) is 6.92 Å². The SMILES string of the molecule is Cc1cc(C(=O)N2CCCC3C(=O)NCC32)cc(Cl)n1. The van der Waals surface area contributed by atoms with Crippen LogP contribution < -0.4 is 5.32 Å². The fraction of sp³-hybridized carbons (Fsp3) is 0.500. The number of amides is 2. The van der Waals surface area contributed by atoms with Crippen molar-refractivity contribution in [2.24, 2.45) is 5.92 Å². The van der Waals surface area contributed by atoms with Crippen LogP contribution in [-0.4, -0.2) is 40.8 Å². The Morgan fingerprint density at radius 2 is 2.30 bits per heavy atom. The molecule has 1 N–H and O–H groups in total. The van der Waals surface area contributed by atoms with E-state index in [9.17, 15) is 9.59 Å². The van der Waals surface area contributed by atoms with Crippen molar-refractivity contribution in [2.45, 2.75) is 25.8 Å². The summed E-state index contributed by atoms with van der Waals surface area (Å²) in [4.78, 5) is 30.3. The lowest BCUT2D eigenvalue weighted by Gasteiger charge is -2.36. The molecular formula is C14H16ClN3O2. The molecule has 2 unspecified atom stereocenters. The average molecular weight is 294 g/mol. The van der Waals surface area contributed by atoms with Crippen molar-refractivity contribution in [1.82, 2.24) is 15.2 Å². The van der Waals surface area contributed by atoms with E-state index in [0.29, 0.717) is 23.8 Å². The van der Waals surface area contributed by atoms with Crippen molar-refractivity contribution in [3.8, 4) is 0 Å². The van der Waals surface area contributed by atoms with E-state index in [0.717, 1.165) is 18.5 Å². The van der Waals surface area contributed by atoms with Crippen LogP contribution in [0.15, 0.2) is 12.1 Å². The Morgan fingerprint density at radius 3 is 3.05 bits per heavy atom. The number of fused-ring (bicyclic) bond motifs is 1. The van der Waals surface area contributed by atoms with Crippen LogP contribution in [0, 0.1) is 12.8 Å². The number of aromatic nitrogens is 1. The van der Waals surface area contributed by atoms with Crippen LogP contribution in [0.25, 0.3) is 0 Å². The smallest absolute Gasteiger partial charge is 0.254 e. The van der Waals surface area contributed by atoms with Gasteiger partial charge in [0.05, 0.1) is 12.0 Å². The molecule has 0 spiro atoms. The van der Waals surface area contributed by atoms with Crippen LogP contribution in [0.5, 0.6) is 0 Å². The first kappa shape index (κ1) is 13.4. The van der Waals surface area contributed by atoms with Gasteiger partial charge in [0, 0.05) is 24.3 Å². The third-order valence-electron chi connectivity index (χ3n) is 4.03. The Balaban J connectivity index is 1.88. The summed E-state index contributed by atoms with van der Waals surface area (Å²) in [5.74, 6) is -0.0638. The van der Waals surface area contributed by atoms with Gasteiger partial charge in [0.25, 0.3) is 5.91 Å². The fourth-order valence-electron chi connectivity index (χ4n) is 3.12. The molecule has 0 aromatic carbocycles. The van der Waals surface area contributed by atoms with Gasteiger partial charge in [-0.1, -0.05) is 11.6 Å². The summed E-state index contributed by atoms with van der Waals surface area (Å²) in [5, 5.41) is 3.17. The Labute approximate surface area is 122 Å². The van der Waals surface area contributed by atoms with E-state index in [4.69, 9.17) is 11.6 Å². The molecule has 5 nitrogen and oxygen atoms in total. The molecule has 0 aliphatic carbocycles. The maximum Gasteiger partial charge on any atom is 0.254 e. The van der Waals surface area contributed by atoms with E-state index in [1.54, 1.807) is 17.0 Å². The third kappa shape index (κ3) is 2.26. The molecule has 3 heterocycles. The Bertz CT molecular complexity index is 555. The predicted molar refractivity (Wildman–Crippen MR) is 74.5 cm³/mol. The Morgan fingerprint density at radius 1 is 1.50 bits per heavy atom. The summed E-state index contributed by atoms with van der Waals surface area (Å²) in [5.41, 5.74) is 1.26. The zero-order valence-electron chi connectivity index (χ0n) is 11.2. The van der Waals surface area contributed by atoms with E-state index >= 15 is 0 Å². The highest BCUT2D eigenvalue weighted by Crippen LogP contribution is 2.28. The van der Waals surface area contributed by atoms with Gasteiger partial charge in [-0.3, -0.25) is 9.59 Å². The topological polar surface area (TPSA) is 62.3 Å². The van der Waals surface area contributed by atoms with Crippen molar-refractivity contribution in [3.63, 3.8) is 0 Å². The summed E-state index contributed by atoms with van der Waals surface area (Å²) in [7, 11) is 0. The molecule has 0 saturated carbocycles. The second kappa shape index (κ2) is 5.05. The maximum atomic E-state index is 12.7. The number of hydrogen-bond donors (Lipinski definition) is 1. The second-order valence-corrected chi connectivity index (χ2v) is 5.77. The summed E-state index contributed by atoms with van der Waals surface area (Å²) < 4.78 is 0. The van der Waals surface area contributed by atoms with E-state index < -0.39 is 0 Å². The fourth-order valence-corrected chi connectivity index (χ4v) is 3.37. The number of halogens is 1. The number of aryl methyl sites for hydroxylation is 1. The highest BCUT2D eigenvalue weighted by molar-refractivity contribution is 6.29. The lowest BCUT2D eigenvalue weighted by molar-refractivity contribution is -0.123. The highest BCUT2D eigenvalue weighted by atomic mass is 35.5. The van der Waals surface area contributed by atoms with E-state index in [1.165, 1.54) is 0 Å². The minimum absolute atomic E-state index is 0.0315. The molecule has 1 aromatic rings. The number of nitrogens with zero attached hydrogens (tertiary/aromatic N) is 2. The van der Waals surface area contributed by atoms with Crippen LogP contribution in [-0.2, 0) is 4.79 Å². The largest absolute Gasteiger partial charge is 0.354 e. The van der Waals surface area contributed by atoms with Crippen LogP contribution in [0.3, 0.4) is 0 Å². The summed E-state index contributed by atoms with van der Waals surface area (Å²) in [6.07, 6.45) is 1.72. The van der Waals surface area contributed by atoms with Gasteiger partial charge in [0.2, 0.25) is 5.91 Å². The number of pyridine rings is 1. The van der Waals surface area contributed by atoms with Crippen LogP contribution >= 0.6 is 11.6 Å². The average Bonchev–Trinajstić information content (AvgIpc) is 2.79. The number of piperidine rings is 1. The molecule has 1 aromatic heterocycles. The normalized spacial score (nSPS) is 25.3. The van der Waals surface area contributed by atoms with Crippen molar-refractivity contribution in [1.29, 1.82) is 0 Å². The molecule has 6 heteroatoms. The van der Waals surface area contributed by atoms with Gasteiger partial charge in [0.1, 0.15) is 5.15 Å². The number of likely N-dealkylation sites (tertiary alicyclic amines) is 1. The van der Waals surface area contributed by atoms with Gasteiger partial charge in [-0.05, 0) is 31.9 Å². The number of nitrogens with one attached hydrogen (secondary N) is 1. The predicted octanol–water partition coefficient (Wildman–Crippen LogP) is 1.39. The minimum atomic E-state index is -0.0661. The third-order valence-corrected chi connectivity index (χ3v) is 4.22. The summed E-state index contributed by atoms with van der Waals surface area (Å²) in [6.45, 7) is 3.04. The van der Waals surface area contributed by atoms with Crippen LogP contribution in [0.4, 0.5) is 0 Å². The molecule has 0 bridgehead atoms. The first-order valence-corrected chi connectivity index (χ1v) is 7.17. The summed E-state index contributed by atoms with van der Waals surface area (Å²) >= 11 is 5.92. The lowest BCUT2D eigenvalue weighted by Crippen LogP contribution is -2.48. The maximum absolute atomic E-state index is 12.7. The van der Waals surface area contributed by atoms with Gasteiger partial charge in [-0.15, -0.1) is 0 Å². The minimum Gasteiger partial charge on any atom is -0.354 e. The van der Waals surface area contributed by atoms with E-state index in [-0.39, 0.29) is 23.8 Å². The number of rotatable bonds is 1. The lowest BCUT2D eigenvalue weighted by atomic mass is 9.91. The monoisotopic (exact) mass is 293 g/mol. The van der Waals surface area contributed by atoms with Gasteiger partial charge >= 0.3 is 0 Å². The first-order valence-electron chi connectivity index (χ1n) is 6.79. The standard InChI is InChI=1S/C14H16ClN3O2/c1-8-5-9(6-12(15)17-8)14(20)18-4-2-3-10-11(18)7-16-13(10)19/h5-6,10-11H,2-4,7H2,1H3,(H,16,19). The molecular weight excluding hydrogens is 278 g/mol. The van der Waals surface area contributed by atoms with Gasteiger partial charge in [0.15, 0.2) is 0 Å². The highest BCUT2D eigenvalue weighted by Gasteiger charge is 2.42. The second-order valence-electron chi connectivity index (χ2n) is 5.38. The van der Waals surface area contributed by atoms with Crippen molar-refractivity contribution < 1.29 is 9.59 Å². The zero-order valence-corrected chi connectivity index (χ0v) is 12.0. The molecule has 106 valence electrons. The number of carbonyl (C=O) groups excluding carboxylic acids is 2. The summed E-state index contributed by atoms with van der Waals surface area (Å²) in [6, 6.07) is 3.29. The molecule has 2 aliphatic heterocycles. The molecule has 20 heavy (non-hydrogen) atoms. The van der Waals surface area contributed by atoms with Crippen LogP contribution in [0.1, 0.15) is 28.9 Å². The molecule has 2 atom stereocenters. The molecule has 2 amide bonds. The Kier molecular flexibility index (Phi) is 3.38. The van der Waals surface area contributed by atoms with Gasteiger partial charge in [-0.25, -0.2) is 4.98 Å². The quantitative estimate of drug-likeness (QED) is 0.796. The molecule has 2 fully saturated rings. The van der Waals surface area contributed by atoms with Crippen molar-refractivity contribution in [3.05, 3.63) is 28.5 Å². The van der Waals surface area contributed by atoms with Crippen LogP contribution in [0.2, 0.25) is 5.15 Å². The molecule has 2 saturated heterocycles. The molecule has 3 rings (SSSR count). The van der Waals surface area contributed by atoms with E-state index in [2.05, 4.69) is 10.3 Å². The van der Waals surface area contributed by atoms with Gasteiger partial charge in [-0.2, -0.15) is 0 Å². The number of carbonyl (C=O) groups is 2. The molecule has 0 radical (unpaired) electrons. The van der Waals surface area contributed by atoms with Crippen molar-refractivity contribution in [2.75, 3.05) is 13.1 Å². The molecule has 2 aliphatic rings. The number of hydrogen-bond acceptors (Lipinski definition) is 3. The van der Waals surface area contributed by atoms with Crippen molar-refractivity contribution >= 4 is 23.4 Å².